The fourth-order valence-corrected chi connectivity index (χ4v) is 4.17. The molecule has 2 nitrogen and oxygen atoms in total. The first-order chi connectivity index (χ1) is 14.3. The minimum Gasteiger partial charge on any atom is -0.392 e. The van der Waals surface area contributed by atoms with Crippen LogP contribution in [0.2, 0.25) is 0 Å². The van der Waals surface area contributed by atoms with Gasteiger partial charge in [0, 0.05) is 17.0 Å². The first kappa shape index (κ1) is 22.2. The van der Waals surface area contributed by atoms with Crippen LogP contribution in [0.1, 0.15) is 73.2 Å². The van der Waals surface area contributed by atoms with Crippen molar-refractivity contribution in [1.82, 2.24) is 4.98 Å². The smallest absolute Gasteiger partial charge is 0.123 e. The van der Waals surface area contributed by atoms with Gasteiger partial charge in [0.05, 0.1) is 6.61 Å². The second-order valence-electron chi connectivity index (χ2n) is 8.68. The molecule has 0 fully saturated rings. The van der Waals surface area contributed by atoms with Crippen LogP contribution in [0.15, 0.2) is 48.5 Å². The van der Waals surface area contributed by atoms with E-state index in [1.807, 2.05) is 12.1 Å². The van der Waals surface area contributed by atoms with Crippen molar-refractivity contribution < 1.29 is 9.50 Å². The summed E-state index contributed by atoms with van der Waals surface area (Å²) < 4.78 is 13.6. The van der Waals surface area contributed by atoms with Gasteiger partial charge in [-0.15, -0.1) is 0 Å². The summed E-state index contributed by atoms with van der Waals surface area (Å²) in [6.07, 6.45) is 1.71. The maximum Gasteiger partial charge on any atom is 0.123 e. The number of aromatic nitrogens is 1. The Hall–Kier alpha value is -2.52. The van der Waals surface area contributed by atoms with Gasteiger partial charge in [-0.05, 0) is 66.0 Å². The Balaban J connectivity index is 2.21. The molecule has 0 amide bonds. The molecule has 1 heterocycles. The lowest BCUT2D eigenvalue weighted by Gasteiger charge is -2.24. The quantitative estimate of drug-likeness (QED) is 0.473. The molecule has 0 atom stereocenters. The Morgan fingerprint density at radius 1 is 0.867 bits per heavy atom. The summed E-state index contributed by atoms with van der Waals surface area (Å²) in [5.74, 6) is 0.185. The molecule has 3 aromatic rings. The topological polar surface area (TPSA) is 33.1 Å². The number of hydrogen-bond donors (Lipinski definition) is 1. The highest BCUT2D eigenvalue weighted by Gasteiger charge is 2.23. The molecule has 0 bridgehead atoms. The average molecular weight is 406 g/mol. The first-order valence-electron chi connectivity index (χ1n) is 10.8. The highest BCUT2D eigenvalue weighted by molar-refractivity contribution is 5.73. The molecule has 0 aliphatic rings. The Morgan fingerprint density at radius 2 is 1.50 bits per heavy atom. The predicted octanol–water partition coefficient (Wildman–Crippen LogP) is 6.72. The standard InChI is InChI=1S/C27H32FNO/c1-17(2)26-23(14-9-20-8-6-7-19(5)15-20)25(21-10-12-22(28)13-11-21)24(16-30)27(29-26)18(3)4/h6-8,10-13,15,17-18,30H,9,14,16H2,1-5H3. The molecule has 30 heavy (non-hydrogen) atoms. The summed E-state index contributed by atoms with van der Waals surface area (Å²) in [4.78, 5) is 5.04. The number of halogens is 1. The number of aryl methyl sites for hydroxylation is 2. The van der Waals surface area contributed by atoms with Crippen molar-refractivity contribution in [3.63, 3.8) is 0 Å². The molecule has 0 saturated carbocycles. The van der Waals surface area contributed by atoms with Gasteiger partial charge in [0.25, 0.3) is 0 Å². The molecule has 158 valence electrons. The molecule has 0 aliphatic carbocycles. The van der Waals surface area contributed by atoms with Gasteiger partial charge in [0.1, 0.15) is 5.82 Å². The highest BCUT2D eigenvalue weighted by Crippen LogP contribution is 2.37. The Labute approximate surface area is 179 Å². The van der Waals surface area contributed by atoms with Crippen LogP contribution in [-0.4, -0.2) is 10.1 Å². The van der Waals surface area contributed by atoms with Gasteiger partial charge in [-0.25, -0.2) is 4.39 Å². The van der Waals surface area contributed by atoms with Crippen LogP contribution in [0, 0.1) is 12.7 Å². The third kappa shape index (κ3) is 4.79. The first-order valence-corrected chi connectivity index (χ1v) is 10.8. The molecular formula is C27H32FNO. The van der Waals surface area contributed by atoms with E-state index in [1.165, 1.54) is 23.3 Å². The monoisotopic (exact) mass is 405 g/mol. The minimum atomic E-state index is -0.257. The van der Waals surface area contributed by atoms with Gasteiger partial charge in [-0.3, -0.25) is 4.98 Å². The molecular weight excluding hydrogens is 373 g/mol. The number of aliphatic hydroxyl groups is 1. The molecule has 0 spiro atoms. The Bertz CT molecular complexity index is 1010. The van der Waals surface area contributed by atoms with Crippen LogP contribution in [0.5, 0.6) is 0 Å². The van der Waals surface area contributed by atoms with Gasteiger partial charge in [-0.2, -0.15) is 0 Å². The summed E-state index contributed by atoms with van der Waals surface area (Å²) in [7, 11) is 0. The number of hydrogen-bond acceptors (Lipinski definition) is 2. The van der Waals surface area contributed by atoms with Crippen LogP contribution in [-0.2, 0) is 19.4 Å². The maximum atomic E-state index is 13.6. The summed E-state index contributed by atoms with van der Waals surface area (Å²) in [5, 5.41) is 10.3. The van der Waals surface area contributed by atoms with Crippen molar-refractivity contribution in [2.75, 3.05) is 0 Å². The van der Waals surface area contributed by atoms with E-state index < -0.39 is 0 Å². The van der Waals surface area contributed by atoms with Crippen LogP contribution in [0.3, 0.4) is 0 Å². The van der Waals surface area contributed by atoms with Crippen molar-refractivity contribution in [2.45, 2.75) is 65.9 Å². The number of rotatable bonds is 7. The predicted molar refractivity (Wildman–Crippen MR) is 122 cm³/mol. The third-order valence-electron chi connectivity index (χ3n) is 5.59. The number of nitrogens with zero attached hydrogens (tertiary/aromatic N) is 1. The zero-order valence-electron chi connectivity index (χ0n) is 18.7. The maximum absolute atomic E-state index is 13.6. The second-order valence-corrected chi connectivity index (χ2v) is 8.68. The van der Waals surface area contributed by atoms with Gasteiger partial charge in [0.15, 0.2) is 0 Å². The van der Waals surface area contributed by atoms with Gasteiger partial charge in [-0.1, -0.05) is 69.7 Å². The molecule has 2 aromatic carbocycles. The Morgan fingerprint density at radius 3 is 2.07 bits per heavy atom. The van der Waals surface area contributed by atoms with Crippen LogP contribution < -0.4 is 0 Å². The molecule has 3 rings (SSSR count). The van der Waals surface area contributed by atoms with Crippen molar-refractivity contribution >= 4 is 0 Å². The summed E-state index contributed by atoms with van der Waals surface area (Å²) >= 11 is 0. The number of aliphatic hydroxyl groups excluding tert-OH is 1. The zero-order valence-corrected chi connectivity index (χ0v) is 18.7. The highest BCUT2D eigenvalue weighted by atomic mass is 19.1. The fourth-order valence-electron chi connectivity index (χ4n) is 4.17. The van der Waals surface area contributed by atoms with E-state index in [9.17, 15) is 9.50 Å². The molecule has 1 N–H and O–H groups in total. The van der Waals surface area contributed by atoms with Gasteiger partial charge >= 0.3 is 0 Å². The molecule has 3 heteroatoms. The van der Waals surface area contributed by atoms with Crippen molar-refractivity contribution in [3.8, 4) is 11.1 Å². The SMILES string of the molecule is Cc1cccc(CCc2c(C(C)C)nc(C(C)C)c(CO)c2-c2ccc(F)cc2)c1. The minimum absolute atomic E-state index is 0.0803. The molecule has 0 aliphatic heterocycles. The third-order valence-corrected chi connectivity index (χ3v) is 5.59. The lowest BCUT2D eigenvalue weighted by molar-refractivity contribution is 0.279. The molecule has 1 aromatic heterocycles. The zero-order chi connectivity index (χ0) is 21.8. The lowest BCUT2D eigenvalue weighted by atomic mass is 9.85. The molecule has 0 saturated heterocycles. The van der Waals surface area contributed by atoms with E-state index in [0.717, 1.165) is 46.5 Å². The van der Waals surface area contributed by atoms with Crippen molar-refractivity contribution in [2.24, 2.45) is 0 Å². The lowest BCUT2D eigenvalue weighted by Crippen LogP contribution is -2.13. The van der Waals surface area contributed by atoms with E-state index in [0.29, 0.717) is 0 Å². The van der Waals surface area contributed by atoms with E-state index in [2.05, 4.69) is 58.9 Å². The number of benzene rings is 2. The average Bonchev–Trinajstić information content (AvgIpc) is 2.71. The van der Waals surface area contributed by atoms with E-state index >= 15 is 0 Å². The van der Waals surface area contributed by atoms with Gasteiger partial charge < -0.3 is 5.11 Å². The normalized spacial score (nSPS) is 11.5. The van der Waals surface area contributed by atoms with E-state index in [4.69, 9.17) is 4.98 Å². The van der Waals surface area contributed by atoms with Crippen molar-refractivity contribution in [1.29, 1.82) is 0 Å². The Kier molecular flexibility index (Phi) is 7.04. The summed E-state index contributed by atoms with van der Waals surface area (Å²) in [6.45, 7) is 10.6. The largest absolute Gasteiger partial charge is 0.392 e. The van der Waals surface area contributed by atoms with Gasteiger partial charge in [0.2, 0.25) is 0 Å². The summed E-state index contributed by atoms with van der Waals surface area (Å²) in [5.41, 5.74) is 8.51. The van der Waals surface area contributed by atoms with Crippen molar-refractivity contribution in [3.05, 3.63) is 88.0 Å². The van der Waals surface area contributed by atoms with E-state index in [-0.39, 0.29) is 24.3 Å². The summed E-state index contributed by atoms with van der Waals surface area (Å²) in [6, 6.07) is 15.2. The molecule has 0 radical (unpaired) electrons. The van der Waals surface area contributed by atoms with Crippen LogP contribution >= 0.6 is 0 Å². The molecule has 0 unspecified atom stereocenters. The number of pyridine rings is 1. The fraction of sp³-hybridized carbons (Fsp3) is 0.370. The van der Waals surface area contributed by atoms with Crippen LogP contribution in [0.25, 0.3) is 11.1 Å². The van der Waals surface area contributed by atoms with E-state index in [1.54, 1.807) is 0 Å². The second kappa shape index (κ2) is 9.53. The van der Waals surface area contributed by atoms with Crippen LogP contribution in [0.4, 0.5) is 4.39 Å².